The van der Waals surface area contributed by atoms with Gasteiger partial charge in [0.1, 0.15) is 0 Å². The van der Waals surface area contributed by atoms with Gasteiger partial charge in [0.25, 0.3) is 0 Å². The average molecular weight is 293 g/mol. The van der Waals surface area contributed by atoms with Crippen molar-refractivity contribution >= 4 is 33.5 Å². The number of hydrogen-bond donors (Lipinski definition) is 0. The number of benzene rings is 1. The lowest BCUT2D eigenvalue weighted by atomic mass is 10.1. The Bertz CT molecular complexity index is 503. The number of pyridine rings is 1. The van der Waals surface area contributed by atoms with Crippen LogP contribution < -0.4 is 0 Å². The van der Waals surface area contributed by atoms with Crippen molar-refractivity contribution in [2.24, 2.45) is 0 Å². The van der Waals surface area contributed by atoms with Crippen molar-refractivity contribution in [3.63, 3.8) is 0 Å². The first-order chi connectivity index (χ1) is 6.59. The van der Waals surface area contributed by atoms with Crippen LogP contribution in [0.2, 0.25) is 0 Å². The standard InChI is InChI=1S/C12H8IN/c1-7-4-5-10-11(6-7)14-9(3)8(2)12(10)13/h2-6H,1H3. The smallest absolute Gasteiger partial charge is 0.0718 e. The number of aromatic nitrogens is 1. The normalized spacial score (nSPS) is 10.9. The van der Waals surface area contributed by atoms with Gasteiger partial charge in [-0.1, -0.05) is 12.1 Å². The van der Waals surface area contributed by atoms with Crippen molar-refractivity contribution < 1.29 is 0 Å². The highest BCUT2D eigenvalue weighted by molar-refractivity contribution is 14.1. The number of rotatable bonds is 0. The highest BCUT2D eigenvalue weighted by atomic mass is 127. The van der Waals surface area contributed by atoms with Gasteiger partial charge in [0.15, 0.2) is 0 Å². The third-order valence-electron chi connectivity index (χ3n) is 2.14. The van der Waals surface area contributed by atoms with Crippen LogP contribution in [0.25, 0.3) is 10.9 Å². The van der Waals surface area contributed by atoms with Gasteiger partial charge < -0.3 is 0 Å². The molecule has 14 heavy (non-hydrogen) atoms. The molecule has 0 fully saturated rings. The van der Waals surface area contributed by atoms with E-state index in [1.807, 2.05) is 25.1 Å². The molecule has 0 N–H and O–H groups in total. The number of aryl methyl sites for hydroxylation is 1. The quantitative estimate of drug-likeness (QED) is 0.679. The van der Waals surface area contributed by atoms with Gasteiger partial charge in [-0.2, -0.15) is 0 Å². The summed E-state index contributed by atoms with van der Waals surface area (Å²) in [4.78, 5) is 4.24. The fraction of sp³-hybridized carbons (Fsp3) is 0.0833. The lowest BCUT2D eigenvalue weighted by Crippen LogP contribution is -1.93. The van der Waals surface area contributed by atoms with Crippen LogP contribution in [0.5, 0.6) is 0 Å². The lowest BCUT2D eigenvalue weighted by Gasteiger charge is -2.07. The molecule has 0 saturated heterocycles. The first-order valence-electron chi connectivity index (χ1n) is 4.20. The molecule has 1 aromatic heterocycles. The Morgan fingerprint density at radius 3 is 2.71 bits per heavy atom. The molecule has 0 bridgehead atoms. The van der Waals surface area contributed by atoms with E-state index in [2.05, 4.69) is 27.6 Å². The summed E-state index contributed by atoms with van der Waals surface area (Å²) in [6.45, 7) is 13.5. The molecule has 4 radical (unpaired) electrons. The SMILES string of the molecule is [CH]c1nc2cc(C)ccc2c(I)c1[CH]. The number of halogens is 1. The maximum absolute atomic E-state index is 5.79. The Kier molecular flexibility index (Phi) is 2.47. The summed E-state index contributed by atoms with van der Waals surface area (Å²) in [5.74, 6) is 0. The summed E-state index contributed by atoms with van der Waals surface area (Å²) in [7, 11) is 0. The van der Waals surface area contributed by atoms with E-state index in [9.17, 15) is 0 Å². The summed E-state index contributed by atoms with van der Waals surface area (Å²) in [5, 5.41) is 1.06. The van der Waals surface area contributed by atoms with Crippen LogP contribution in [0, 0.1) is 24.3 Å². The molecule has 0 spiro atoms. The van der Waals surface area contributed by atoms with Crippen molar-refractivity contribution in [1.29, 1.82) is 0 Å². The van der Waals surface area contributed by atoms with E-state index in [-0.39, 0.29) is 0 Å². The first-order valence-corrected chi connectivity index (χ1v) is 5.28. The largest absolute Gasteiger partial charge is 0.252 e. The van der Waals surface area contributed by atoms with Crippen LogP contribution in [0.4, 0.5) is 0 Å². The minimum absolute atomic E-state index is 0.410. The predicted octanol–water partition coefficient (Wildman–Crippen LogP) is 3.27. The van der Waals surface area contributed by atoms with Crippen molar-refractivity contribution in [2.75, 3.05) is 0 Å². The molecule has 0 unspecified atom stereocenters. The van der Waals surface area contributed by atoms with Crippen LogP contribution in [0.1, 0.15) is 16.8 Å². The first kappa shape index (κ1) is 9.90. The maximum Gasteiger partial charge on any atom is 0.0718 e. The monoisotopic (exact) mass is 293 g/mol. The molecule has 0 aliphatic rings. The van der Waals surface area contributed by atoms with Gasteiger partial charge in [-0.25, -0.2) is 0 Å². The number of nitrogens with zero attached hydrogens (tertiary/aromatic N) is 1. The minimum atomic E-state index is 0.410. The van der Waals surface area contributed by atoms with Gasteiger partial charge in [0.05, 0.1) is 11.2 Å². The van der Waals surface area contributed by atoms with Gasteiger partial charge in [-0.15, -0.1) is 0 Å². The highest BCUT2D eigenvalue weighted by Gasteiger charge is 2.06. The minimum Gasteiger partial charge on any atom is -0.252 e. The molecule has 2 aromatic rings. The fourth-order valence-corrected chi connectivity index (χ4v) is 2.10. The van der Waals surface area contributed by atoms with Crippen LogP contribution >= 0.6 is 22.6 Å². The van der Waals surface area contributed by atoms with Gasteiger partial charge in [0, 0.05) is 22.8 Å². The zero-order valence-electron chi connectivity index (χ0n) is 7.71. The van der Waals surface area contributed by atoms with E-state index in [1.54, 1.807) is 0 Å². The van der Waals surface area contributed by atoms with E-state index in [0.29, 0.717) is 11.3 Å². The summed E-state index contributed by atoms with van der Waals surface area (Å²) in [5.41, 5.74) is 3.06. The summed E-state index contributed by atoms with van der Waals surface area (Å²) >= 11 is 2.19. The summed E-state index contributed by atoms with van der Waals surface area (Å²) < 4.78 is 0.977. The molecule has 1 heterocycles. The van der Waals surface area contributed by atoms with E-state index in [0.717, 1.165) is 14.5 Å². The molecule has 1 aromatic carbocycles. The Labute approximate surface area is 97.7 Å². The van der Waals surface area contributed by atoms with Gasteiger partial charge in [-0.3, -0.25) is 4.98 Å². The molecule has 0 saturated carbocycles. The van der Waals surface area contributed by atoms with Gasteiger partial charge in [0.2, 0.25) is 0 Å². The molecule has 2 rings (SSSR count). The molecule has 1 nitrogen and oxygen atoms in total. The summed E-state index contributed by atoms with van der Waals surface area (Å²) in [6.07, 6.45) is 0. The Hall–Kier alpha value is -0.640. The van der Waals surface area contributed by atoms with Gasteiger partial charge >= 0.3 is 0 Å². The zero-order valence-corrected chi connectivity index (χ0v) is 9.87. The average Bonchev–Trinajstić information content (AvgIpc) is 2.14. The molecule has 0 aliphatic heterocycles. The van der Waals surface area contributed by atoms with E-state index >= 15 is 0 Å². The van der Waals surface area contributed by atoms with Crippen molar-refractivity contribution in [3.05, 3.63) is 52.4 Å². The second kappa shape index (κ2) is 3.50. The zero-order chi connectivity index (χ0) is 10.3. The molecule has 68 valence electrons. The van der Waals surface area contributed by atoms with E-state index in [1.165, 1.54) is 5.56 Å². The predicted molar refractivity (Wildman–Crippen MR) is 66.0 cm³/mol. The van der Waals surface area contributed by atoms with Crippen LogP contribution in [-0.4, -0.2) is 4.98 Å². The topological polar surface area (TPSA) is 12.9 Å². The molecule has 0 amide bonds. The van der Waals surface area contributed by atoms with E-state index < -0.39 is 0 Å². The fourth-order valence-electron chi connectivity index (χ4n) is 1.37. The number of hydrogen-bond acceptors (Lipinski definition) is 1. The lowest BCUT2D eigenvalue weighted by molar-refractivity contribution is 1.29. The third kappa shape index (κ3) is 1.52. The van der Waals surface area contributed by atoms with Crippen LogP contribution in [0.3, 0.4) is 0 Å². The Balaban J connectivity index is 2.91. The third-order valence-corrected chi connectivity index (χ3v) is 3.31. The molecule has 0 aliphatic carbocycles. The maximum atomic E-state index is 5.79. The Morgan fingerprint density at radius 1 is 1.29 bits per heavy atom. The highest BCUT2D eigenvalue weighted by Crippen LogP contribution is 2.24. The van der Waals surface area contributed by atoms with Gasteiger partial charge in [-0.05, 0) is 46.7 Å². The van der Waals surface area contributed by atoms with Crippen molar-refractivity contribution in [1.82, 2.24) is 4.98 Å². The molecular formula is C12H8IN. The van der Waals surface area contributed by atoms with Crippen LogP contribution in [0.15, 0.2) is 18.2 Å². The second-order valence-electron chi connectivity index (χ2n) is 3.25. The molecule has 2 heteroatoms. The summed E-state index contributed by atoms with van der Waals surface area (Å²) in [6, 6.07) is 6.07. The molecule has 0 atom stereocenters. The molecular weight excluding hydrogens is 285 g/mol. The van der Waals surface area contributed by atoms with Crippen LogP contribution in [-0.2, 0) is 0 Å². The van der Waals surface area contributed by atoms with E-state index in [4.69, 9.17) is 13.8 Å². The van der Waals surface area contributed by atoms with Crippen molar-refractivity contribution in [3.8, 4) is 0 Å². The Morgan fingerprint density at radius 2 is 2.00 bits per heavy atom. The second-order valence-corrected chi connectivity index (χ2v) is 4.32. The van der Waals surface area contributed by atoms with Crippen molar-refractivity contribution in [2.45, 2.75) is 6.92 Å². The number of fused-ring (bicyclic) bond motifs is 1.